The average Bonchev–Trinajstić information content (AvgIpc) is 2.26. The highest BCUT2D eigenvalue weighted by Gasteiger charge is 2.23. The minimum absolute atomic E-state index is 0.199. The number of aromatic nitrogens is 1. The lowest BCUT2D eigenvalue weighted by Gasteiger charge is -2.20. The summed E-state index contributed by atoms with van der Waals surface area (Å²) in [6.45, 7) is 4.04. The Balaban J connectivity index is 3.01. The predicted molar refractivity (Wildman–Crippen MR) is 74.5 cm³/mol. The summed E-state index contributed by atoms with van der Waals surface area (Å²) in [5.41, 5.74) is 6.02. The van der Waals surface area contributed by atoms with Gasteiger partial charge in [-0.05, 0) is 51.3 Å². The number of hydrogen-bond donors (Lipinski definition) is 2. The molecule has 0 aliphatic rings. The molecule has 0 spiro atoms. The topological polar surface area (TPSA) is 68.0 Å². The maximum atomic E-state index is 11.5. The molecule has 4 nitrogen and oxygen atoms in total. The average molecular weight is 365 g/mol. The molecule has 0 aliphatic carbocycles. The molecule has 1 aromatic heterocycles. The Kier molecular flexibility index (Phi) is 5.55. The first-order valence-corrected chi connectivity index (χ1v) is 6.90. The van der Waals surface area contributed by atoms with Gasteiger partial charge in [-0.2, -0.15) is 0 Å². The van der Waals surface area contributed by atoms with E-state index in [4.69, 9.17) is 5.73 Å². The summed E-state index contributed by atoms with van der Waals surface area (Å²) in [4.78, 5) is 15.7. The number of rotatable bonds is 5. The fourth-order valence-corrected chi connectivity index (χ4v) is 2.55. The van der Waals surface area contributed by atoms with Crippen LogP contribution in [0.25, 0.3) is 0 Å². The van der Waals surface area contributed by atoms with E-state index in [-0.39, 0.29) is 6.04 Å². The van der Waals surface area contributed by atoms with E-state index in [2.05, 4.69) is 42.2 Å². The summed E-state index contributed by atoms with van der Waals surface area (Å²) in [6, 6.07) is 1.47. The van der Waals surface area contributed by atoms with Gasteiger partial charge in [0.1, 0.15) is 6.04 Å². The van der Waals surface area contributed by atoms with Crippen LogP contribution in [-0.2, 0) is 4.79 Å². The molecule has 94 valence electrons. The minimum Gasteiger partial charge on any atom is -0.368 e. The predicted octanol–water partition coefficient (Wildman–Crippen LogP) is 2.52. The third kappa shape index (κ3) is 4.04. The smallest absolute Gasteiger partial charge is 0.240 e. The maximum absolute atomic E-state index is 11.5. The van der Waals surface area contributed by atoms with E-state index in [9.17, 15) is 4.79 Å². The van der Waals surface area contributed by atoms with E-state index in [1.165, 1.54) is 0 Å². The summed E-state index contributed by atoms with van der Waals surface area (Å²) in [7, 11) is 0. The van der Waals surface area contributed by atoms with Crippen molar-refractivity contribution in [2.45, 2.75) is 32.4 Å². The number of pyridine rings is 1. The van der Waals surface area contributed by atoms with Crippen LogP contribution in [0.2, 0.25) is 0 Å². The third-order valence-corrected chi connectivity index (χ3v) is 3.53. The van der Waals surface area contributed by atoms with Crippen molar-refractivity contribution >= 4 is 37.8 Å². The Morgan fingerprint density at radius 3 is 2.71 bits per heavy atom. The Labute approximate surface area is 118 Å². The molecule has 1 amide bonds. The molecule has 0 bridgehead atoms. The molecule has 2 unspecified atom stereocenters. The van der Waals surface area contributed by atoms with Crippen LogP contribution < -0.4 is 11.1 Å². The van der Waals surface area contributed by atoms with E-state index in [1.807, 2.05) is 19.9 Å². The number of nitrogens with zero attached hydrogens (tertiary/aromatic N) is 1. The van der Waals surface area contributed by atoms with Crippen molar-refractivity contribution < 1.29 is 4.79 Å². The van der Waals surface area contributed by atoms with Gasteiger partial charge in [-0.15, -0.1) is 0 Å². The Bertz CT molecular complexity index is 412. The van der Waals surface area contributed by atoms with Crippen molar-refractivity contribution in [3.8, 4) is 0 Å². The molecule has 0 saturated carbocycles. The summed E-state index contributed by atoms with van der Waals surface area (Å²) >= 11 is 6.71. The van der Waals surface area contributed by atoms with Gasteiger partial charge < -0.3 is 5.73 Å². The molecule has 1 rings (SSSR count). The molecule has 3 N–H and O–H groups in total. The molecule has 2 atom stereocenters. The van der Waals surface area contributed by atoms with Gasteiger partial charge in [0, 0.05) is 21.2 Å². The zero-order chi connectivity index (χ0) is 13.0. The Morgan fingerprint density at radius 2 is 2.24 bits per heavy atom. The first kappa shape index (κ1) is 14.6. The third-order valence-electron chi connectivity index (χ3n) is 2.46. The molecular formula is C11H15Br2N3O. The van der Waals surface area contributed by atoms with Gasteiger partial charge in [0.05, 0.1) is 5.69 Å². The van der Waals surface area contributed by atoms with Gasteiger partial charge >= 0.3 is 0 Å². The van der Waals surface area contributed by atoms with Crippen molar-refractivity contribution in [3.63, 3.8) is 0 Å². The maximum Gasteiger partial charge on any atom is 0.240 e. The summed E-state index contributed by atoms with van der Waals surface area (Å²) in [6.07, 6.45) is 2.56. The lowest BCUT2D eigenvalue weighted by Crippen LogP contribution is -2.39. The van der Waals surface area contributed by atoms with Crippen molar-refractivity contribution in [1.29, 1.82) is 0 Å². The number of primary amides is 1. The summed E-state index contributed by atoms with van der Waals surface area (Å²) < 4.78 is 1.60. The fourth-order valence-electron chi connectivity index (χ4n) is 1.34. The number of nitrogens with one attached hydrogen (secondary N) is 1. The van der Waals surface area contributed by atoms with Crippen LogP contribution in [-0.4, -0.2) is 16.9 Å². The molecule has 6 heteroatoms. The molecule has 0 saturated heterocycles. The SMILES string of the molecule is CCC(C)NC(C(N)=O)c1ncc(Br)cc1Br. The molecule has 0 fully saturated rings. The second-order valence-electron chi connectivity index (χ2n) is 3.83. The molecule has 17 heavy (non-hydrogen) atoms. The van der Waals surface area contributed by atoms with E-state index >= 15 is 0 Å². The van der Waals surface area contributed by atoms with Crippen molar-refractivity contribution in [2.24, 2.45) is 5.73 Å². The summed E-state index contributed by atoms with van der Waals surface area (Å²) in [5, 5.41) is 3.16. The van der Waals surface area contributed by atoms with Crippen molar-refractivity contribution in [3.05, 3.63) is 26.9 Å². The lowest BCUT2D eigenvalue weighted by atomic mass is 10.1. The molecule has 1 heterocycles. The number of amides is 1. The first-order chi connectivity index (χ1) is 7.95. The van der Waals surface area contributed by atoms with Gasteiger partial charge in [-0.25, -0.2) is 0 Å². The number of carbonyl (C=O) groups is 1. The van der Waals surface area contributed by atoms with Gasteiger partial charge in [0.2, 0.25) is 5.91 Å². The van der Waals surface area contributed by atoms with Crippen LogP contribution in [0.3, 0.4) is 0 Å². The zero-order valence-corrected chi connectivity index (χ0v) is 12.9. The highest BCUT2D eigenvalue weighted by molar-refractivity contribution is 9.11. The zero-order valence-electron chi connectivity index (χ0n) is 9.71. The van der Waals surface area contributed by atoms with Crippen LogP contribution in [0.15, 0.2) is 21.2 Å². The number of hydrogen-bond acceptors (Lipinski definition) is 3. The first-order valence-electron chi connectivity index (χ1n) is 5.32. The van der Waals surface area contributed by atoms with E-state index in [0.29, 0.717) is 5.69 Å². The standard InChI is InChI=1S/C11H15Br2N3O/c1-3-6(2)16-10(11(14)17)9-8(13)4-7(12)5-15-9/h4-6,10,16H,3H2,1-2H3,(H2,14,17). The molecule has 0 aromatic carbocycles. The van der Waals surface area contributed by atoms with Gasteiger partial charge in [-0.1, -0.05) is 6.92 Å². The van der Waals surface area contributed by atoms with Gasteiger partial charge in [0.15, 0.2) is 0 Å². The second kappa shape index (κ2) is 6.47. The fraction of sp³-hybridized carbons (Fsp3) is 0.455. The van der Waals surface area contributed by atoms with Crippen molar-refractivity contribution in [1.82, 2.24) is 10.3 Å². The molecule has 1 aromatic rings. The highest BCUT2D eigenvalue weighted by atomic mass is 79.9. The number of halogens is 2. The van der Waals surface area contributed by atoms with Crippen molar-refractivity contribution in [2.75, 3.05) is 0 Å². The minimum atomic E-state index is -0.576. The molecule has 0 radical (unpaired) electrons. The van der Waals surface area contributed by atoms with Crippen LogP contribution >= 0.6 is 31.9 Å². The van der Waals surface area contributed by atoms with Crippen LogP contribution in [0, 0.1) is 0 Å². The van der Waals surface area contributed by atoms with Crippen LogP contribution in [0.1, 0.15) is 32.0 Å². The number of carbonyl (C=O) groups excluding carboxylic acids is 1. The lowest BCUT2D eigenvalue weighted by molar-refractivity contribution is -0.120. The van der Waals surface area contributed by atoms with E-state index < -0.39 is 11.9 Å². The van der Waals surface area contributed by atoms with Gasteiger partial charge in [0.25, 0.3) is 0 Å². The molecule has 0 aliphatic heterocycles. The quantitative estimate of drug-likeness (QED) is 0.843. The monoisotopic (exact) mass is 363 g/mol. The summed E-state index contributed by atoms with van der Waals surface area (Å²) in [5.74, 6) is -0.430. The molecular weight excluding hydrogens is 350 g/mol. The van der Waals surface area contributed by atoms with E-state index in [1.54, 1.807) is 6.20 Å². The normalized spacial score (nSPS) is 14.4. The highest BCUT2D eigenvalue weighted by Crippen LogP contribution is 2.24. The van der Waals surface area contributed by atoms with E-state index in [0.717, 1.165) is 15.4 Å². The van der Waals surface area contributed by atoms with Crippen LogP contribution in [0.5, 0.6) is 0 Å². The number of nitrogens with two attached hydrogens (primary N) is 1. The van der Waals surface area contributed by atoms with Crippen LogP contribution in [0.4, 0.5) is 0 Å². The van der Waals surface area contributed by atoms with Gasteiger partial charge in [-0.3, -0.25) is 15.1 Å². The Hall–Kier alpha value is -0.460. The Morgan fingerprint density at radius 1 is 1.59 bits per heavy atom. The largest absolute Gasteiger partial charge is 0.368 e. The second-order valence-corrected chi connectivity index (χ2v) is 5.60.